The van der Waals surface area contributed by atoms with E-state index in [1.165, 1.54) is 19.3 Å². The van der Waals surface area contributed by atoms with Crippen LogP contribution in [0.2, 0.25) is 0 Å². The Kier molecular flexibility index (Phi) is 4.14. The van der Waals surface area contributed by atoms with Crippen LogP contribution in [-0.2, 0) is 10.3 Å². The number of aromatic nitrogens is 2. The van der Waals surface area contributed by atoms with Crippen LogP contribution < -0.4 is 11.3 Å². The summed E-state index contributed by atoms with van der Waals surface area (Å²) in [6.07, 6.45) is 5.59. The Morgan fingerprint density at radius 1 is 1.33 bits per heavy atom. The zero-order valence-electron chi connectivity index (χ0n) is 11.2. The number of aryl methyl sites for hydroxylation is 1. The van der Waals surface area contributed by atoms with E-state index >= 15 is 0 Å². The van der Waals surface area contributed by atoms with E-state index in [0.717, 1.165) is 24.4 Å². The predicted octanol–water partition coefficient (Wildman–Crippen LogP) is 2.27. The Morgan fingerprint density at radius 3 is 2.67 bits per heavy atom. The van der Waals surface area contributed by atoms with Crippen molar-refractivity contribution in [3.8, 4) is 0 Å². The molecular weight excluding hydrogens is 228 g/mol. The summed E-state index contributed by atoms with van der Waals surface area (Å²) in [4.78, 5) is 9.06. The average Bonchev–Trinajstić information content (AvgIpc) is 2.39. The minimum atomic E-state index is -0.315. The number of nitrogens with zero attached hydrogens (tertiary/aromatic N) is 2. The lowest BCUT2D eigenvalue weighted by atomic mass is 9.83. The molecule has 1 heterocycles. The number of ether oxygens (including phenoxy) is 1. The minimum Gasteiger partial charge on any atom is -0.367 e. The Hall–Kier alpha value is -1.20. The van der Waals surface area contributed by atoms with Crippen LogP contribution in [0.3, 0.4) is 0 Å². The van der Waals surface area contributed by atoms with Gasteiger partial charge in [0.2, 0.25) is 0 Å². The highest BCUT2D eigenvalue weighted by Crippen LogP contribution is 2.39. The molecule has 0 spiro atoms. The monoisotopic (exact) mass is 250 g/mol. The van der Waals surface area contributed by atoms with Gasteiger partial charge in [0.1, 0.15) is 11.4 Å². The van der Waals surface area contributed by atoms with Crippen LogP contribution in [0, 0.1) is 6.92 Å². The van der Waals surface area contributed by atoms with Gasteiger partial charge < -0.3 is 10.2 Å². The van der Waals surface area contributed by atoms with Crippen molar-refractivity contribution in [3.05, 3.63) is 17.6 Å². The molecule has 18 heavy (non-hydrogen) atoms. The third kappa shape index (κ3) is 2.62. The van der Waals surface area contributed by atoms with E-state index in [2.05, 4.69) is 15.4 Å². The average molecular weight is 250 g/mol. The molecule has 1 aliphatic rings. The topological polar surface area (TPSA) is 73.1 Å². The number of rotatable bonds is 4. The number of hydrogen-bond donors (Lipinski definition) is 2. The van der Waals surface area contributed by atoms with E-state index in [9.17, 15) is 0 Å². The number of hydrazine groups is 1. The first-order chi connectivity index (χ1) is 8.70. The van der Waals surface area contributed by atoms with Crippen molar-refractivity contribution in [1.82, 2.24) is 9.97 Å². The lowest BCUT2D eigenvalue weighted by Gasteiger charge is -2.35. The Morgan fingerprint density at radius 2 is 2.06 bits per heavy atom. The van der Waals surface area contributed by atoms with Crippen LogP contribution in [0.4, 0.5) is 5.82 Å². The van der Waals surface area contributed by atoms with E-state index in [-0.39, 0.29) is 5.60 Å². The molecule has 5 heteroatoms. The molecule has 0 amide bonds. The molecule has 0 bridgehead atoms. The third-order valence-corrected chi connectivity index (χ3v) is 3.49. The van der Waals surface area contributed by atoms with Crippen LogP contribution >= 0.6 is 0 Å². The van der Waals surface area contributed by atoms with Crippen molar-refractivity contribution in [1.29, 1.82) is 0 Å². The fourth-order valence-electron chi connectivity index (χ4n) is 2.68. The smallest absolute Gasteiger partial charge is 0.162 e. The van der Waals surface area contributed by atoms with Crippen LogP contribution in [0.15, 0.2) is 6.07 Å². The highest BCUT2D eigenvalue weighted by Gasteiger charge is 2.37. The Bertz CT molecular complexity index is 396. The molecule has 0 aromatic carbocycles. The second-order valence-electron chi connectivity index (χ2n) is 4.85. The van der Waals surface area contributed by atoms with Crippen molar-refractivity contribution in [2.45, 2.75) is 51.6 Å². The van der Waals surface area contributed by atoms with Gasteiger partial charge in [-0.2, -0.15) is 0 Å². The van der Waals surface area contributed by atoms with Crippen molar-refractivity contribution in [2.75, 3.05) is 12.0 Å². The van der Waals surface area contributed by atoms with Gasteiger partial charge in [-0.3, -0.25) is 0 Å². The summed E-state index contributed by atoms with van der Waals surface area (Å²) in [7, 11) is 0. The molecule has 1 aromatic heterocycles. The van der Waals surface area contributed by atoms with E-state index < -0.39 is 0 Å². The molecule has 5 nitrogen and oxygen atoms in total. The maximum atomic E-state index is 6.02. The molecule has 0 saturated heterocycles. The van der Waals surface area contributed by atoms with Crippen LogP contribution in [-0.4, -0.2) is 16.6 Å². The SMILES string of the molecule is CCOC1(c2nc(C)cc(NN)n2)CCCCC1. The summed E-state index contributed by atoms with van der Waals surface area (Å²) in [6.45, 7) is 4.66. The van der Waals surface area contributed by atoms with Crippen LogP contribution in [0.5, 0.6) is 0 Å². The van der Waals surface area contributed by atoms with Crippen LogP contribution in [0.1, 0.15) is 50.5 Å². The van der Waals surface area contributed by atoms with Gasteiger partial charge in [0.05, 0.1) is 0 Å². The molecule has 1 saturated carbocycles. The highest BCUT2D eigenvalue weighted by atomic mass is 16.5. The summed E-state index contributed by atoms with van der Waals surface area (Å²) < 4.78 is 6.02. The lowest BCUT2D eigenvalue weighted by Crippen LogP contribution is -2.35. The van der Waals surface area contributed by atoms with Crippen molar-refractivity contribution < 1.29 is 4.74 Å². The summed E-state index contributed by atoms with van der Waals surface area (Å²) >= 11 is 0. The van der Waals surface area contributed by atoms with Gasteiger partial charge in [-0.15, -0.1) is 0 Å². The number of nitrogen functional groups attached to an aromatic ring is 1. The molecule has 0 unspecified atom stereocenters. The number of anilines is 1. The molecule has 2 rings (SSSR count). The zero-order valence-corrected chi connectivity index (χ0v) is 11.2. The highest BCUT2D eigenvalue weighted by molar-refractivity contribution is 5.35. The van der Waals surface area contributed by atoms with Crippen molar-refractivity contribution in [2.24, 2.45) is 5.84 Å². The molecule has 1 aromatic rings. The van der Waals surface area contributed by atoms with Crippen molar-refractivity contribution >= 4 is 5.82 Å². The van der Waals surface area contributed by atoms with Gasteiger partial charge >= 0.3 is 0 Å². The van der Waals surface area contributed by atoms with Gasteiger partial charge in [-0.25, -0.2) is 15.8 Å². The second-order valence-corrected chi connectivity index (χ2v) is 4.85. The van der Waals surface area contributed by atoms with E-state index in [1.54, 1.807) is 0 Å². The molecule has 1 fully saturated rings. The van der Waals surface area contributed by atoms with E-state index in [0.29, 0.717) is 12.4 Å². The predicted molar refractivity (Wildman–Crippen MR) is 71.0 cm³/mol. The Balaban J connectivity index is 2.37. The minimum absolute atomic E-state index is 0.315. The fraction of sp³-hybridized carbons (Fsp3) is 0.692. The maximum absolute atomic E-state index is 6.02. The molecule has 1 aliphatic carbocycles. The van der Waals surface area contributed by atoms with Gasteiger partial charge in [0, 0.05) is 18.4 Å². The molecule has 0 radical (unpaired) electrons. The largest absolute Gasteiger partial charge is 0.367 e. The fourth-order valence-corrected chi connectivity index (χ4v) is 2.68. The second kappa shape index (κ2) is 5.63. The summed E-state index contributed by atoms with van der Waals surface area (Å²) in [6, 6.07) is 1.84. The molecule has 100 valence electrons. The van der Waals surface area contributed by atoms with Gasteiger partial charge in [0.15, 0.2) is 5.82 Å². The normalized spacial score (nSPS) is 18.6. The Labute approximate surface area is 108 Å². The molecular formula is C13H22N4O. The van der Waals surface area contributed by atoms with Gasteiger partial charge in [-0.1, -0.05) is 19.3 Å². The number of hydrogen-bond acceptors (Lipinski definition) is 5. The zero-order chi connectivity index (χ0) is 13.0. The molecule has 0 aliphatic heterocycles. The summed E-state index contributed by atoms with van der Waals surface area (Å²) in [5, 5.41) is 0. The summed E-state index contributed by atoms with van der Waals surface area (Å²) in [5.41, 5.74) is 3.20. The quantitative estimate of drug-likeness (QED) is 0.633. The van der Waals surface area contributed by atoms with Crippen molar-refractivity contribution in [3.63, 3.8) is 0 Å². The van der Waals surface area contributed by atoms with E-state index in [1.807, 2.05) is 19.9 Å². The first-order valence-corrected chi connectivity index (χ1v) is 6.67. The number of nitrogens with two attached hydrogens (primary N) is 1. The summed E-state index contributed by atoms with van der Waals surface area (Å²) in [5.74, 6) is 6.88. The molecule has 0 atom stereocenters. The third-order valence-electron chi connectivity index (χ3n) is 3.49. The van der Waals surface area contributed by atoms with Gasteiger partial charge in [-0.05, 0) is 26.7 Å². The first kappa shape index (κ1) is 13.2. The standard InChI is InChI=1S/C13H22N4O/c1-3-18-13(7-5-4-6-8-13)12-15-10(2)9-11(16-12)17-14/h9H,3-8,14H2,1-2H3,(H,15,16,17). The first-order valence-electron chi connectivity index (χ1n) is 6.67. The lowest BCUT2D eigenvalue weighted by molar-refractivity contribution is -0.0767. The maximum Gasteiger partial charge on any atom is 0.162 e. The van der Waals surface area contributed by atoms with E-state index in [4.69, 9.17) is 10.6 Å². The molecule has 3 N–H and O–H groups in total. The van der Waals surface area contributed by atoms with Gasteiger partial charge in [0.25, 0.3) is 0 Å². The number of nitrogens with one attached hydrogen (secondary N) is 1. The van der Waals surface area contributed by atoms with Crippen LogP contribution in [0.25, 0.3) is 0 Å².